The summed E-state index contributed by atoms with van der Waals surface area (Å²) in [5, 5.41) is 9.10. The van der Waals surface area contributed by atoms with E-state index in [2.05, 4.69) is 40.3 Å². The molecule has 1 fully saturated rings. The number of aromatic nitrogens is 1. The molecule has 6 heteroatoms. The van der Waals surface area contributed by atoms with Crippen LogP contribution in [0.2, 0.25) is 0 Å². The first-order valence-corrected chi connectivity index (χ1v) is 10.7. The lowest BCUT2D eigenvalue weighted by atomic mass is 10.0. The molecule has 5 rings (SSSR count). The molecule has 0 saturated heterocycles. The normalized spacial score (nSPS) is 17.2. The number of thiazole rings is 1. The van der Waals surface area contributed by atoms with E-state index >= 15 is 0 Å². The molecule has 1 aliphatic carbocycles. The van der Waals surface area contributed by atoms with E-state index in [0.29, 0.717) is 25.2 Å². The van der Waals surface area contributed by atoms with Gasteiger partial charge in [0.2, 0.25) is 0 Å². The molecule has 2 aliphatic rings. The number of hydrogen-bond acceptors (Lipinski definition) is 6. The fraction of sp³-hybridized carbons (Fsp3) is 0.350. The van der Waals surface area contributed by atoms with Crippen LogP contribution in [0.25, 0.3) is 9.88 Å². The summed E-state index contributed by atoms with van der Waals surface area (Å²) >= 11 is 3.46. The molecule has 0 bridgehead atoms. The Morgan fingerprint density at radius 1 is 1.12 bits per heavy atom. The van der Waals surface area contributed by atoms with E-state index < -0.39 is 0 Å². The molecule has 0 amide bonds. The smallest absolute Gasteiger partial charge is 0.161 e. The third-order valence-electron chi connectivity index (χ3n) is 4.81. The van der Waals surface area contributed by atoms with Gasteiger partial charge in [-0.3, -0.25) is 0 Å². The highest BCUT2D eigenvalue weighted by atomic mass is 32.1. The van der Waals surface area contributed by atoms with E-state index in [9.17, 15) is 0 Å². The zero-order chi connectivity index (χ0) is 17.3. The van der Waals surface area contributed by atoms with Crippen molar-refractivity contribution in [3.63, 3.8) is 0 Å². The van der Waals surface area contributed by atoms with E-state index in [1.54, 1.807) is 22.7 Å². The van der Waals surface area contributed by atoms with Gasteiger partial charge in [0.1, 0.15) is 18.2 Å². The van der Waals surface area contributed by atoms with Gasteiger partial charge < -0.3 is 14.8 Å². The van der Waals surface area contributed by atoms with Gasteiger partial charge in [-0.1, -0.05) is 12.1 Å². The SMILES string of the molecule is c1csc(-c2nc(CNC(c3ccc4c(c3)OCCO4)C3CC3)cs2)c1. The Labute approximate surface area is 160 Å². The first kappa shape index (κ1) is 16.3. The molecule has 1 N–H and O–H groups in total. The minimum atomic E-state index is 0.345. The molecule has 1 aromatic carbocycles. The van der Waals surface area contributed by atoms with Gasteiger partial charge in [-0.25, -0.2) is 4.98 Å². The number of benzene rings is 1. The molecular weight excluding hydrogens is 364 g/mol. The van der Waals surface area contributed by atoms with Crippen molar-refractivity contribution in [1.82, 2.24) is 10.3 Å². The van der Waals surface area contributed by atoms with Gasteiger partial charge in [0.25, 0.3) is 0 Å². The molecule has 0 spiro atoms. The lowest BCUT2D eigenvalue weighted by Gasteiger charge is -2.23. The molecule has 1 saturated carbocycles. The predicted molar refractivity (Wildman–Crippen MR) is 105 cm³/mol. The number of fused-ring (bicyclic) bond motifs is 1. The largest absolute Gasteiger partial charge is 0.486 e. The second kappa shape index (κ2) is 7.02. The lowest BCUT2D eigenvalue weighted by Crippen LogP contribution is -2.23. The predicted octanol–water partition coefficient (Wildman–Crippen LogP) is 4.88. The van der Waals surface area contributed by atoms with Crippen molar-refractivity contribution in [1.29, 1.82) is 0 Å². The van der Waals surface area contributed by atoms with Gasteiger partial charge in [0, 0.05) is 18.0 Å². The summed E-state index contributed by atoms with van der Waals surface area (Å²) in [6, 6.07) is 10.9. The molecule has 134 valence electrons. The van der Waals surface area contributed by atoms with Crippen molar-refractivity contribution in [2.24, 2.45) is 5.92 Å². The van der Waals surface area contributed by atoms with Crippen molar-refractivity contribution < 1.29 is 9.47 Å². The topological polar surface area (TPSA) is 43.4 Å². The van der Waals surface area contributed by atoms with Gasteiger partial charge >= 0.3 is 0 Å². The number of hydrogen-bond donors (Lipinski definition) is 1. The van der Waals surface area contributed by atoms with Gasteiger partial charge in [-0.15, -0.1) is 22.7 Å². The number of rotatable bonds is 6. The van der Waals surface area contributed by atoms with Crippen molar-refractivity contribution in [2.75, 3.05) is 13.2 Å². The minimum absolute atomic E-state index is 0.345. The van der Waals surface area contributed by atoms with Crippen LogP contribution in [0.15, 0.2) is 41.1 Å². The Hall–Kier alpha value is -1.89. The fourth-order valence-corrected chi connectivity index (χ4v) is 4.99. The summed E-state index contributed by atoms with van der Waals surface area (Å²) in [6.07, 6.45) is 2.56. The van der Waals surface area contributed by atoms with Crippen LogP contribution in [0.3, 0.4) is 0 Å². The Kier molecular flexibility index (Phi) is 4.40. The summed E-state index contributed by atoms with van der Waals surface area (Å²) in [4.78, 5) is 6.03. The van der Waals surface area contributed by atoms with E-state index in [1.807, 2.05) is 6.07 Å². The highest BCUT2D eigenvalue weighted by Crippen LogP contribution is 2.43. The Bertz CT molecular complexity index is 887. The van der Waals surface area contributed by atoms with Crippen molar-refractivity contribution in [2.45, 2.75) is 25.4 Å². The van der Waals surface area contributed by atoms with Crippen molar-refractivity contribution in [3.8, 4) is 21.4 Å². The molecule has 26 heavy (non-hydrogen) atoms. The first-order chi connectivity index (χ1) is 12.9. The van der Waals surface area contributed by atoms with Crippen LogP contribution in [-0.4, -0.2) is 18.2 Å². The molecule has 4 nitrogen and oxygen atoms in total. The van der Waals surface area contributed by atoms with Crippen LogP contribution in [0, 0.1) is 5.92 Å². The van der Waals surface area contributed by atoms with Crippen LogP contribution in [0.5, 0.6) is 11.5 Å². The van der Waals surface area contributed by atoms with E-state index in [4.69, 9.17) is 14.5 Å². The molecule has 1 atom stereocenters. The van der Waals surface area contributed by atoms with Crippen LogP contribution in [-0.2, 0) is 6.54 Å². The highest BCUT2D eigenvalue weighted by Gasteiger charge is 2.32. The zero-order valence-corrected chi connectivity index (χ0v) is 15.9. The highest BCUT2D eigenvalue weighted by molar-refractivity contribution is 7.20. The van der Waals surface area contributed by atoms with E-state index in [-0.39, 0.29) is 0 Å². The number of nitrogens with zero attached hydrogens (tertiary/aromatic N) is 1. The molecule has 3 heterocycles. The molecule has 0 radical (unpaired) electrons. The monoisotopic (exact) mass is 384 g/mol. The Balaban J connectivity index is 1.31. The first-order valence-electron chi connectivity index (χ1n) is 8.98. The van der Waals surface area contributed by atoms with Crippen LogP contribution < -0.4 is 14.8 Å². The fourth-order valence-electron chi connectivity index (χ4n) is 3.36. The maximum Gasteiger partial charge on any atom is 0.161 e. The zero-order valence-electron chi connectivity index (χ0n) is 14.3. The van der Waals surface area contributed by atoms with Gasteiger partial charge in [-0.05, 0) is 47.9 Å². The van der Waals surface area contributed by atoms with Crippen LogP contribution in [0.4, 0.5) is 0 Å². The average Bonchev–Trinajstić information content (AvgIpc) is 3.17. The summed E-state index contributed by atoms with van der Waals surface area (Å²) in [5.74, 6) is 2.43. The van der Waals surface area contributed by atoms with Gasteiger partial charge in [0.05, 0.1) is 10.6 Å². The van der Waals surface area contributed by atoms with Crippen molar-refractivity contribution >= 4 is 22.7 Å². The Morgan fingerprint density at radius 3 is 2.81 bits per heavy atom. The molecular formula is C20H20N2O2S2. The maximum atomic E-state index is 5.76. The number of thiophene rings is 1. The molecule has 1 aliphatic heterocycles. The van der Waals surface area contributed by atoms with E-state index in [1.165, 1.54) is 23.3 Å². The summed E-state index contributed by atoms with van der Waals surface area (Å²) in [7, 11) is 0. The standard InChI is InChI=1S/C20H20N2O2S2/c1-2-18(25-9-1)20-22-15(12-26-20)11-21-19(13-3-4-13)14-5-6-16-17(10-14)24-8-7-23-16/h1-2,5-6,9-10,12-13,19,21H,3-4,7-8,11H2. The van der Waals surface area contributed by atoms with Crippen LogP contribution >= 0.6 is 22.7 Å². The van der Waals surface area contributed by atoms with Gasteiger partial charge in [-0.2, -0.15) is 0 Å². The lowest BCUT2D eigenvalue weighted by molar-refractivity contribution is 0.171. The van der Waals surface area contributed by atoms with E-state index in [0.717, 1.165) is 28.7 Å². The maximum absolute atomic E-state index is 5.76. The molecule has 3 aromatic rings. The van der Waals surface area contributed by atoms with Crippen LogP contribution in [0.1, 0.15) is 30.1 Å². The van der Waals surface area contributed by atoms with Crippen molar-refractivity contribution in [3.05, 3.63) is 52.3 Å². The molecule has 1 unspecified atom stereocenters. The third kappa shape index (κ3) is 3.37. The number of nitrogens with one attached hydrogen (secondary N) is 1. The summed E-state index contributed by atoms with van der Waals surface area (Å²) < 4.78 is 11.4. The van der Waals surface area contributed by atoms with Gasteiger partial charge in [0.15, 0.2) is 11.5 Å². The second-order valence-corrected chi connectivity index (χ2v) is 8.53. The number of ether oxygens (including phenoxy) is 2. The quantitative estimate of drug-likeness (QED) is 0.657. The minimum Gasteiger partial charge on any atom is -0.486 e. The summed E-state index contributed by atoms with van der Waals surface area (Å²) in [6.45, 7) is 2.05. The average molecular weight is 385 g/mol. The third-order valence-corrected chi connectivity index (χ3v) is 6.74. The Morgan fingerprint density at radius 2 is 2.00 bits per heavy atom. The molecule has 2 aromatic heterocycles. The summed E-state index contributed by atoms with van der Waals surface area (Å²) in [5.41, 5.74) is 2.40. The second-order valence-electron chi connectivity index (χ2n) is 6.72.